The lowest BCUT2D eigenvalue weighted by Crippen LogP contribution is -2.44. The zero-order chi connectivity index (χ0) is 15.5. The first kappa shape index (κ1) is 15.8. The van der Waals surface area contributed by atoms with Crippen LogP contribution in [-0.2, 0) is 4.79 Å². The van der Waals surface area contributed by atoms with Crippen LogP contribution in [0.5, 0.6) is 0 Å². The summed E-state index contributed by atoms with van der Waals surface area (Å²) in [7, 11) is 0. The average Bonchev–Trinajstić information content (AvgIpc) is 2.41. The van der Waals surface area contributed by atoms with Gasteiger partial charge in [0.2, 0.25) is 5.91 Å². The monoisotopic (exact) mass is 304 g/mol. The highest BCUT2D eigenvalue weighted by Crippen LogP contribution is 2.32. The van der Waals surface area contributed by atoms with E-state index in [1.165, 1.54) is 29.2 Å². The highest BCUT2D eigenvalue weighted by molar-refractivity contribution is 5.92. The minimum Gasteiger partial charge on any atom is -0.325 e. The van der Waals surface area contributed by atoms with E-state index in [2.05, 4.69) is 5.32 Å². The van der Waals surface area contributed by atoms with Crippen LogP contribution in [-0.4, -0.2) is 36.6 Å². The van der Waals surface area contributed by atoms with Gasteiger partial charge in [0.25, 0.3) is 0 Å². The fourth-order valence-electron chi connectivity index (χ4n) is 2.40. The maximum absolute atomic E-state index is 12.7. The van der Waals surface area contributed by atoms with Crippen molar-refractivity contribution in [2.75, 3.05) is 25.0 Å². The Bertz CT molecular complexity index is 487. The van der Waals surface area contributed by atoms with Crippen LogP contribution in [0.4, 0.5) is 23.2 Å². The van der Waals surface area contributed by atoms with Crippen LogP contribution in [0.3, 0.4) is 0 Å². The number of benzene rings is 1. The van der Waals surface area contributed by atoms with Gasteiger partial charge in [-0.25, -0.2) is 4.39 Å². The number of piperidine rings is 1. The van der Waals surface area contributed by atoms with Gasteiger partial charge in [-0.2, -0.15) is 13.2 Å². The third-order valence-electron chi connectivity index (χ3n) is 3.46. The van der Waals surface area contributed by atoms with E-state index in [-0.39, 0.29) is 19.5 Å². The molecule has 1 N–H and O–H groups in total. The first-order valence-corrected chi connectivity index (χ1v) is 6.69. The molecule has 0 saturated carbocycles. The number of alkyl halides is 3. The van der Waals surface area contributed by atoms with Crippen LogP contribution in [0.15, 0.2) is 24.3 Å². The van der Waals surface area contributed by atoms with Gasteiger partial charge in [0, 0.05) is 12.2 Å². The lowest BCUT2D eigenvalue weighted by molar-refractivity contribution is -0.186. The number of hydrogen-bond acceptors (Lipinski definition) is 2. The topological polar surface area (TPSA) is 32.3 Å². The van der Waals surface area contributed by atoms with Gasteiger partial charge in [-0.1, -0.05) is 0 Å². The molecule has 0 aliphatic carbocycles. The van der Waals surface area contributed by atoms with E-state index in [1.54, 1.807) is 0 Å². The summed E-state index contributed by atoms with van der Waals surface area (Å²) < 4.78 is 50.7. The minimum atomic E-state index is -4.22. The molecule has 1 saturated heterocycles. The van der Waals surface area contributed by atoms with Gasteiger partial charge in [0.1, 0.15) is 5.82 Å². The zero-order valence-electron chi connectivity index (χ0n) is 11.3. The predicted octanol–water partition coefficient (Wildman–Crippen LogP) is 3.04. The summed E-state index contributed by atoms with van der Waals surface area (Å²) in [5.41, 5.74) is 0.422. The molecule has 0 spiro atoms. The van der Waals surface area contributed by atoms with E-state index in [0.717, 1.165) is 0 Å². The molecule has 2 rings (SSSR count). The standard InChI is InChI=1S/C14H16F4N2O/c15-11-3-5-12(6-4-11)19-13(21)9-20-7-1-2-10(8-20)14(16,17)18/h3-6,10H,1-2,7-9H2,(H,19,21). The predicted molar refractivity (Wildman–Crippen MR) is 70.2 cm³/mol. The first-order valence-electron chi connectivity index (χ1n) is 6.69. The first-order chi connectivity index (χ1) is 9.84. The van der Waals surface area contributed by atoms with E-state index in [9.17, 15) is 22.4 Å². The Balaban J connectivity index is 1.86. The molecule has 1 atom stereocenters. The zero-order valence-corrected chi connectivity index (χ0v) is 11.3. The highest BCUT2D eigenvalue weighted by Gasteiger charge is 2.41. The van der Waals surface area contributed by atoms with E-state index in [4.69, 9.17) is 0 Å². The van der Waals surface area contributed by atoms with Crippen molar-refractivity contribution in [1.82, 2.24) is 4.90 Å². The van der Waals surface area contributed by atoms with Crippen LogP contribution in [0.2, 0.25) is 0 Å². The Kier molecular flexibility index (Phi) is 4.82. The van der Waals surface area contributed by atoms with Crippen molar-refractivity contribution in [3.05, 3.63) is 30.1 Å². The number of halogens is 4. The van der Waals surface area contributed by atoms with E-state index in [1.807, 2.05) is 0 Å². The molecule has 1 aromatic rings. The highest BCUT2D eigenvalue weighted by atomic mass is 19.4. The lowest BCUT2D eigenvalue weighted by atomic mass is 9.97. The summed E-state index contributed by atoms with van der Waals surface area (Å²) >= 11 is 0. The maximum atomic E-state index is 12.7. The summed E-state index contributed by atoms with van der Waals surface area (Å²) in [6.45, 7) is 0.230. The second-order valence-corrected chi connectivity index (χ2v) is 5.17. The van der Waals surface area contributed by atoms with E-state index >= 15 is 0 Å². The van der Waals surface area contributed by atoms with Crippen LogP contribution in [0.1, 0.15) is 12.8 Å². The quantitative estimate of drug-likeness (QED) is 0.871. The molecular formula is C14H16F4N2O. The Morgan fingerprint density at radius 3 is 2.57 bits per heavy atom. The number of anilines is 1. The molecule has 0 aromatic heterocycles. The summed E-state index contributed by atoms with van der Waals surface area (Å²) in [5.74, 6) is -2.19. The molecule has 1 fully saturated rings. The Morgan fingerprint density at radius 2 is 1.95 bits per heavy atom. The number of rotatable bonds is 3. The third kappa shape index (κ3) is 4.70. The molecule has 1 aliphatic rings. The molecule has 0 bridgehead atoms. The average molecular weight is 304 g/mol. The number of likely N-dealkylation sites (tertiary alicyclic amines) is 1. The van der Waals surface area contributed by atoms with Gasteiger partial charge in [0.15, 0.2) is 0 Å². The Hall–Kier alpha value is -1.63. The van der Waals surface area contributed by atoms with Crippen molar-refractivity contribution >= 4 is 11.6 Å². The largest absolute Gasteiger partial charge is 0.393 e. The summed E-state index contributed by atoms with van der Waals surface area (Å²) in [6, 6.07) is 5.22. The molecule has 1 amide bonds. The van der Waals surface area contributed by atoms with Gasteiger partial charge in [-0.05, 0) is 43.7 Å². The molecule has 21 heavy (non-hydrogen) atoms. The van der Waals surface area contributed by atoms with Gasteiger partial charge in [0.05, 0.1) is 12.5 Å². The molecule has 1 unspecified atom stereocenters. The fraction of sp³-hybridized carbons (Fsp3) is 0.500. The smallest absolute Gasteiger partial charge is 0.325 e. The minimum absolute atomic E-state index is 0.0933. The molecular weight excluding hydrogens is 288 g/mol. The summed E-state index contributed by atoms with van der Waals surface area (Å²) in [6.07, 6.45) is -3.68. The number of nitrogens with zero attached hydrogens (tertiary/aromatic N) is 1. The number of hydrogen-bond donors (Lipinski definition) is 1. The van der Waals surface area contributed by atoms with Crippen molar-refractivity contribution in [2.45, 2.75) is 19.0 Å². The van der Waals surface area contributed by atoms with Crippen molar-refractivity contribution < 1.29 is 22.4 Å². The van der Waals surface area contributed by atoms with Crippen molar-refractivity contribution in [3.8, 4) is 0 Å². The van der Waals surface area contributed by atoms with Crippen LogP contribution in [0.25, 0.3) is 0 Å². The number of carbonyl (C=O) groups excluding carboxylic acids is 1. The number of nitrogens with one attached hydrogen (secondary N) is 1. The Labute approximate surface area is 119 Å². The van der Waals surface area contributed by atoms with Gasteiger partial charge >= 0.3 is 6.18 Å². The maximum Gasteiger partial charge on any atom is 0.393 e. The number of carbonyl (C=O) groups is 1. The Morgan fingerprint density at radius 1 is 1.29 bits per heavy atom. The van der Waals surface area contributed by atoms with Crippen LogP contribution < -0.4 is 5.32 Å². The lowest BCUT2D eigenvalue weighted by Gasteiger charge is -2.33. The van der Waals surface area contributed by atoms with E-state index < -0.39 is 23.8 Å². The molecule has 1 aliphatic heterocycles. The molecule has 116 valence electrons. The van der Waals surface area contributed by atoms with Crippen LogP contribution in [0, 0.1) is 11.7 Å². The van der Waals surface area contributed by atoms with Crippen molar-refractivity contribution in [1.29, 1.82) is 0 Å². The molecule has 0 radical (unpaired) electrons. The van der Waals surface area contributed by atoms with Crippen LogP contribution >= 0.6 is 0 Å². The molecule has 7 heteroatoms. The third-order valence-corrected chi connectivity index (χ3v) is 3.46. The SMILES string of the molecule is O=C(CN1CCCC(C(F)(F)F)C1)Nc1ccc(F)cc1. The van der Waals surface area contributed by atoms with Crippen molar-refractivity contribution in [2.24, 2.45) is 5.92 Å². The summed E-state index contributed by atoms with van der Waals surface area (Å²) in [4.78, 5) is 13.3. The van der Waals surface area contributed by atoms with Gasteiger partial charge in [-0.15, -0.1) is 0 Å². The molecule has 3 nitrogen and oxygen atoms in total. The van der Waals surface area contributed by atoms with Gasteiger partial charge < -0.3 is 5.32 Å². The summed E-state index contributed by atoms with van der Waals surface area (Å²) in [5, 5.41) is 2.54. The second-order valence-electron chi connectivity index (χ2n) is 5.17. The molecule has 1 aromatic carbocycles. The van der Waals surface area contributed by atoms with E-state index in [0.29, 0.717) is 18.7 Å². The van der Waals surface area contributed by atoms with Gasteiger partial charge in [-0.3, -0.25) is 9.69 Å². The second kappa shape index (κ2) is 6.43. The van der Waals surface area contributed by atoms with Crippen molar-refractivity contribution in [3.63, 3.8) is 0 Å². The normalized spacial score (nSPS) is 20.3. The fourth-order valence-corrected chi connectivity index (χ4v) is 2.40. The molecule has 1 heterocycles. The number of amides is 1.